The third-order valence-electron chi connectivity index (χ3n) is 3.19. The monoisotopic (exact) mass is 262 g/mol. The lowest BCUT2D eigenvalue weighted by atomic mass is 10.1. The molecule has 0 atom stereocenters. The van der Waals surface area contributed by atoms with Crippen molar-refractivity contribution in [3.63, 3.8) is 0 Å². The van der Waals surface area contributed by atoms with Crippen molar-refractivity contribution in [1.29, 1.82) is 0 Å². The molecule has 0 aliphatic carbocycles. The van der Waals surface area contributed by atoms with Crippen LogP contribution in [-0.4, -0.2) is 19.6 Å². The van der Waals surface area contributed by atoms with Gasteiger partial charge in [-0.15, -0.1) is 0 Å². The molecule has 1 rings (SSSR count). The summed E-state index contributed by atoms with van der Waals surface area (Å²) in [6.45, 7) is 13.3. The number of anilines is 1. The number of hydrogen-bond donors (Lipinski definition) is 1. The highest BCUT2D eigenvalue weighted by atomic mass is 15.1. The van der Waals surface area contributed by atoms with Gasteiger partial charge in [0.2, 0.25) is 0 Å². The fourth-order valence-corrected chi connectivity index (χ4v) is 2.36. The molecule has 2 heteroatoms. The third-order valence-corrected chi connectivity index (χ3v) is 3.19. The molecule has 0 aliphatic rings. The normalized spacial score (nSPS) is 11.0. The minimum Gasteiger partial charge on any atom is -0.371 e. The Kier molecular flexibility index (Phi) is 7.57. The first-order valence-corrected chi connectivity index (χ1v) is 7.72. The first-order valence-electron chi connectivity index (χ1n) is 7.72. The molecule has 0 bridgehead atoms. The molecule has 1 aromatic rings. The Labute approximate surface area is 119 Å². The van der Waals surface area contributed by atoms with Crippen LogP contribution in [0.4, 0.5) is 5.69 Å². The molecule has 0 spiro atoms. The molecule has 1 aromatic carbocycles. The van der Waals surface area contributed by atoms with Crippen molar-refractivity contribution in [2.75, 3.05) is 24.5 Å². The number of rotatable bonds is 9. The zero-order valence-corrected chi connectivity index (χ0v) is 13.1. The van der Waals surface area contributed by atoms with E-state index in [0.717, 1.165) is 26.2 Å². The van der Waals surface area contributed by atoms with Crippen LogP contribution in [0, 0.1) is 5.92 Å². The largest absolute Gasteiger partial charge is 0.371 e. The van der Waals surface area contributed by atoms with Crippen LogP contribution >= 0.6 is 0 Å². The quantitative estimate of drug-likeness (QED) is 0.722. The molecule has 0 saturated heterocycles. The van der Waals surface area contributed by atoms with Crippen LogP contribution in [0.25, 0.3) is 0 Å². The van der Waals surface area contributed by atoms with E-state index in [9.17, 15) is 0 Å². The van der Waals surface area contributed by atoms with E-state index in [0.29, 0.717) is 5.92 Å². The summed E-state index contributed by atoms with van der Waals surface area (Å²) in [6, 6.07) is 8.81. The first-order chi connectivity index (χ1) is 9.19. The predicted molar refractivity (Wildman–Crippen MR) is 85.8 cm³/mol. The number of nitrogens with one attached hydrogen (secondary N) is 1. The molecular weight excluding hydrogens is 232 g/mol. The van der Waals surface area contributed by atoms with Gasteiger partial charge in [0.1, 0.15) is 0 Å². The van der Waals surface area contributed by atoms with Crippen molar-refractivity contribution in [3.05, 3.63) is 29.8 Å². The average Bonchev–Trinajstić information content (AvgIpc) is 2.39. The lowest BCUT2D eigenvalue weighted by Gasteiger charge is -2.26. The zero-order valence-electron chi connectivity index (χ0n) is 13.1. The Balaban J connectivity index is 2.74. The highest BCUT2D eigenvalue weighted by molar-refractivity contribution is 5.53. The summed E-state index contributed by atoms with van der Waals surface area (Å²) >= 11 is 0. The molecule has 108 valence electrons. The number of benzene rings is 1. The maximum absolute atomic E-state index is 3.55. The molecule has 19 heavy (non-hydrogen) atoms. The van der Waals surface area contributed by atoms with Crippen LogP contribution in [0.3, 0.4) is 0 Å². The van der Waals surface area contributed by atoms with E-state index in [4.69, 9.17) is 0 Å². The van der Waals surface area contributed by atoms with Crippen molar-refractivity contribution in [2.24, 2.45) is 5.92 Å². The van der Waals surface area contributed by atoms with Crippen molar-refractivity contribution >= 4 is 5.69 Å². The van der Waals surface area contributed by atoms with E-state index in [2.05, 4.69) is 62.2 Å². The van der Waals surface area contributed by atoms with Gasteiger partial charge in [0, 0.05) is 25.3 Å². The van der Waals surface area contributed by atoms with E-state index in [1.165, 1.54) is 24.1 Å². The van der Waals surface area contributed by atoms with Gasteiger partial charge in [-0.25, -0.2) is 0 Å². The third kappa shape index (κ3) is 5.65. The van der Waals surface area contributed by atoms with E-state index in [1.54, 1.807) is 0 Å². The molecule has 2 nitrogen and oxygen atoms in total. The molecule has 0 aliphatic heterocycles. The Morgan fingerprint density at radius 1 is 1.05 bits per heavy atom. The summed E-state index contributed by atoms with van der Waals surface area (Å²) in [7, 11) is 0. The van der Waals surface area contributed by atoms with Crippen LogP contribution in [0.2, 0.25) is 0 Å². The lowest BCUT2D eigenvalue weighted by molar-refractivity contribution is 0.551. The van der Waals surface area contributed by atoms with Crippen LogP contribution < -0.4 is 10.2 Å². The van der Waals surface area contributed by atoms with Gasteiger partial charge in [0.05, 0.1) is 0 Å². The number of hydrogen-bond acceptors (Lipinski definition) is 2. The number of para-hydroxylation sites is 1. The smallest absolute Gasteiger partial charge is 0.0411 e. The maximum atomic E-state index is 3.55. The van der Waals surface area contributed by atoms with Crippen molar-refractivity contribution < 1.29 is 0 Å². The van der Waals surface area contributed by atoms with Gasteiger partial charge >= 0.3 is 0 Å². The Morgan fingerprint density at radius 3 is 2.26 bits per heavy atom. The van der Waals surface area contributed by atoms with Gasteiger partial charge < -0.3 is 10.2 Å². The van der Waals surface area contributed by atoms with Crippen LogP contribution in [0.15, 0.2) is 24.3 Å². The molecule has 0 heterocycles. The van der Waals surface area contributed by atoms with Gasteiger partial charge in [-0.3, -0.25) is 0 Å². The van der Waals surface area contributed by atoms with Crippen molar-refractivity contribution in [3.8, 4) is 0 Å². The van der Waals surface area contributed by atoms with Crippen molar-refractivity contribution in [2.45, 2.75) is 47.1 Å². The standard InChI is InChI=1S/C17H30N2/c1-5-11-19(12-6-2)17-10-8-7-9-16(17)14-18-13-15(3)4/h7-10,15,18H,5-6,11-14H2,1-4H3. The molecule has 0 fully saturated rings. The molecule has 0 amide bonds. The minimum atomic E-state index is 0.703. The predicted octanol–water partition coefficient (Wildman–Crippen LogP) is 4.06. The van der Waals surface area contributed by atoms with Gasteiger partial charge in [-0.2, -0.15) is 0 Å². The van der Waals surface area contributed by atoms with Gasteiger partial charge in [0.15, 0.2) is 0 Å². The molecule has 0 saturated carbocycles. The van der Waals surface area contributed by atoms with E-state index in [1.807, 2.05) is 0 Å². The Hall–Kier alpha value is -1.02. The molecular formula is C17H30N2. The fraction of sp³-hybridized carbons (Fsp3) is 0.647. The second-order valence-electron chi connectivity index (χ2n) is 5.64. The van der Waals surface area contributed by atoms with E-state index >= 15 is 0 Å². The lowest BCUT2D eigenvalue weighted by Crippen LogP contribution is -2.27. The highest BCUT2D eigenvalue weighted by Gasteiger charge is 2.09. The molecule has 1 N–H and O–H groups in total. The molecule has 0 radical (unpaired) electrons. The number of nitrogens with zero attached hydrogens (tertiary/aromatic N) is 1. The summed E-state index contributed by atoms with van der Waals surface area (Å²) in [5.41, 5.74) is 2.83. The second kappa shape index (κ2) is 8.98. The van der Waals surface area contributed by atoms with E-state index < -0.39 is 0 Å². The minimum absolute atomic E-state index is 0.703. The van der Waals surface area contributed by atoms with Crippen LogP contribution in [-0.2, 0) is 6.54 Å². The van der Waals surface area contributed by atoms with Gasteiger partial charge in [-0.1, -0.05) is 45.9 Å². The molecule has 0 unspecified atom stereocenters. The van der Waals surface area contributed by atoms with Crippen molar-refractivity contribution in [1.82, 2.24) is 5.32 Å². The summed E-state index contributed by atoms with van der Waals surface area (Å²) in [6.07, 6.45) is 2.40. The average molecular weight is 262 g/mol. The van der Waals surface area contributed by atoms with Gasteiger partial charge in [0.25, 0.3) is 0 Å². The van der Waals surface area contributed by atoms with E-state index in [-0.39, 0.29) is 0 Å². The Bertz CT molecular complexity index is 341. The summed E-state index contributed by atoms with van der Waals surface area (Å²) in [5, 5.41) is 3.55. The maximum Gasteiger partial charge on any atom is 0.0411 e. The Morgan fingerprint density at radius 2 is 1.68 bits per heavy atom. The first kappa shape index (κ1) is 16.0. The van der Waals surface area contributed by atoms with Gasteiger partial charge in [-0.05, 0) is 36.9 Å². The van der Waals surface area contributed by atoms with Crippen LogP contribution in [0.1, 0.15) is 46.1 Å². The SMILES string of the molecule is CCCN(CCC)c1ccccc1CNCC(C)C. The summed E-state index contributed by atoms with van der Waals surface area (Å²) < 4.78 is 0. The van der Waals surface area contributed by atoms with Crippen LogP contribution in [0.5, 0.6) is 0 Å². The summed E-state index contributed by atoms with van der Waals surface area (Å²) in [4.78, 5) is 2.52. The highest BCUT2D eigenvalue weighted by Crippen LogP contribution is 2.21. The topological polar surface area (TPSA) is 15.3 Å². The zero-order chi connectivity index (χ0) is 14.1. The second-order valence-corrected chi connectivity index (χ2v) is 5.64. The summed E-state index contributed by atoms with van der Waals surface area (Å²) in [5.74, 6) is 0.703. The fourth-order valence-electron chi connectivity index (χ4n) is 2.36. The molecule has 0 aromatic heterocycles.